The summed E-state index contributed by atoms with van der Waals surface area (Å²) in [6.07, 6.45) is 4.34. The second kappa shape index (κ2) is 6.55. The van der Waals surface area contributed by atoms with E-state index in [0.29, 0.717) is 17.9 Å². The number of likely N-dealkylation sites (tertiary alicyclic amines) is 1. The summed E-state index contributed by atoms with van der Waals surface area (Å²) in [5.74, 6) is 1.12. The van der Waals surface area contributed by atoms with Crippen LogP contribution in [0, 0.1) is 17.3 Å². The van der Waals surface area contributed by atoms with Gasteiger partial charge in [-0.05, 0) is 43.6 Å². The smallest absolute Gasteiger partial charge is 0.225 e. The van der Waals surface area contributed by atoms with Crippen LogP contribution in [0.3, 0.4) is 0 Å². The van der Waals surface area contributed by atoms with E-state index >= 15 is 0 Å². The average Bonchev–Trinajstić information content (AvgIpc) is 2.53. The Morgan fingerprint density at radius 1 is 1.33 bits per heavy atom. The van der Waals surface area contributed by atoms with Crippen molar-refractivity contribution in [2.45, 2.75) is 53.4 Å². The lowest BCUT2D eigenvalue weighted by atomic mass is 9.77. The molecule has 1 amide bonds. The molecular weight excluding hydrogens is 224 g/mol. The molecule has 2 unspecified atom stereocenters. The maximum Gasteiger partial charge on any atom is 0.225 e. The summed E-state index contributed by atoms with van der Waals surface area (Å²) in [5, 5.41) is 0. The van der Waals surface area contributed by atoms with E-state index in [1.807, 2.05) is 6.92 Å². The molecule has 3 heteroatoms. The summed E-state index contributed by atoms with van der Waals surface area (Å²) in [5.41, 5.74) is 5.90. The van der Waals surface area contributed by atoms with Gasteiger partial charge in [0.15, 0.2) is 0 Å². The summed E-state index contributed by atoms with van der Waals surface area (Å²) >= 11 is 0. The summed E-state index contributed by atoms with van der Waals surface area (Å²) in [4.78, 5) is 14.3. The Morgan fingerprint density at radius 3 is 2.56 bits per heavy atom. The lowest BCUT2D eigenvalue weighted by Crippen LogP contribution is -2.37. The van der Waals surface area contributed by atoms with Crippen molar-refractivity contribution >= 4 is 5.91 Å². The van der Waals surface area contributed by atoms with Crippen molar-refractivity contribution in [2.75, 3.05) is 19.6 Å². The molecule has 0 saturated carbocycles. The van der Waals surface area contributed by atoms with Crippen molar-refractivity contribution < 1.29 is 4.79 Å². The van der Waals surface area contributed by atoms with E-state index in [1.54, 1.807) is 0 Å². The van der Waals surface area contributed by atoms with Crippen molar-refractivity contribution in [3.63, 3.8) is 0 Å². The van der Waals surface area contributed by atoms with E-state index in [4.69, 9.17) is 5.73 Å². The highest BCUT2D eigenvalue weighted by atomic mass is 16.2. The minimum Gasteiger partial charge on any atom is -0.342 e. The van der Waals surface area contributed by atoms with Gasteiger partial charge >= 0.3 is 0 Å². The zero-order chi connectivity index (χ0) is 13.8. The second-order valence-electron chi connectivity index (χ2n) is 6.80. The molecule has 0 aromatic rings. The van der Waals surface area contributed by atoms with Crippen molar-refractivity contribution in [2.24, 2.45) is 23.0 Å². The first kappa shape index (κ1) is 15.5. The standard InChI is InChI=1S/C15H30N2O/c1-12(7-9-16)14(18)17-10-5-6-13(8-11-17)15(2,3)4/h12-13H,5-11,16H2,1-4H3. The van der Waals surface area contributed by atoms with Crippen LogP contribution in [0.1, 0.15) is 53.4 Å². The van der Waals surface area contributed by atoms with Crippen molar-refractivity contribution in [3.05, 3.63) is 0 Å². The van der Waals surface area contributed by atoms with Gasteiger partial charge in [0.1, 0.15) is 0 Å². The van der Waals surface area contributed by atoms with Gasteiger partial charge in [0.25, 0.3) is 0 Å². The third-order valence-electron chi connectivity index (χ3n) is 4.29. The first-order valence-corrected chi connectivity index (χ1v) is 7.35. The van der Waals surface area contributed by atoms with Crippen LogP contribution in [0.25, 0.3) is 0 Å². The van der Waals surface area contributed by atoms with Gasteiger partial charge in [-0.2, -0.15) is 0 Å². The lowest BCUT2D eigenvalue weighted by molar-refractivity contribution is -0.135. The Morgan fingerprint density at radius 2 is 2.00 bits per heavy atom. The first-order chi connectivity index (χ1) is 8.36. The molecule has 1 rings (SSSR count). The third kappa shape index (κ3) is 4.27. The molecule has 1 aliphatic rings. The van der Waals surface area contributed by atoms with Crippen LogP contribution >= 0.6 is 0 Å². The van der Waals surface area contributed by atoms with Gasteiger partial charge < -0.3 is 10.6 Å². The van der Waals surface area contributed by atoms with E-state index < -0.39 is 0 Å². The van der Waals surface area contributed by atoms with Crippen LogP contribution in [0.2, 0.25) is 0 Å². The number of hydrogen-bond donors (Lipinski definition) is 1. The molecule has 1 saturated heterocycles. The monoisotopic (exact) mass is 254 g/mol. The molecule has 1 heterocycles. The number of carbonyl (C=O) groups is 1. The zero-order valence-electron chi connectivity index (χ0n) is 12.5. The van der Waals surface area contributed by atoms with Crippen molar-refractivity contribution in [1.29, 1.82) is 0 Å². The summed E-state index contributed by atoms with van der Waals surface area (Å²) in [6.45, 7) is 11.4. The van der Waals surface area contributed by atoms with Crippen molar-refractivity contribution in [3.8, 4) is 0 Å². The molecule has 0 aromatic carbocycles. The number of nitrogens with zero attached hydrogens (tertiary/aromatic N) is 1. The fraction of sp³-hybridized carbons (Fsp3) is 0.933. The van der Waals surface area contributed by atoms with Crippen molar-refractivity contribution in [1.82, 2.24) is 4.90 Å². The Hall–Kier alpha value is -0.570. The molecule has 1 aliphatic heterocycles. The predicted molar refractivity (Wildman–Crippen MR) is 76.2 cm³/mol. The molecule has 0 radical (unpaired) electrons. The molecule has 1 fully saturated rings. The highest BCUT2D eigenvalue weighted by Gasteiger charge is 2.29. The second-order valence-corrected chi connectivity index (χ2v) is 6.80. The van der Waals surface area contributed by atoms with E-state index in [-0.39, 0.29) is 5.92 Å². The fourth-order valence-electron chi connectivity index (χ4n) is 2.87. The Balaban J connectivity index is 2.54. The van der Waals surface area contributed by atoms with Gasteiger partial charge in [-0.3, -0.25) is 4.79 Å². The number of carbonyl (C=O) groups excluding carboxylic acids is 1. The molecule has 3 nitrogen and oxygen atoms in total. The van der Waals surface area contributed by atoms with Gasteiger partial charge in [0.2, 0.25) is 5.91 Å². The quantitative estimate of drug-likeness (QED) is 0.841. The van der Waals surface area contributed by atoms with E-state index in [2.05, 4.69) is 25.7 Å². The molecule has 2 atom stereocenters. The number of amides is 1. The van der Waals surface area contributed by atoms with Gasteiger partial charge in [0.05, 0.1) is 0 Å². The van der Waals surface area contributed by atoms with Crippen LogP contribution < -0.4 is 5.73 Å². The highest BCUT2D eigenvalue weighted by Crippen LogP contribution is 2.34. The molecule has 0 aliphatic carbocycles. The zero-order valence-corrected chi connectivity index (χ0v) is 12.5. The molecule has 18 heavy (non-hydrogen) atoms. The van der Waals surface area contributed by atoms with Gasteiger partial charge in [-0.15, -0.1) is 0 Å². The van der Waals surface area contributed by atoms with Crippen LogP contribution in [0.15, 0.2) is 0 Å². The maximum absolute atomic E-state index is 12.3. The Bertz CT molecular complexity index is 270. The largest absolute Gasteiger partial charge is 0.342 e. The molecule has 106 valence electrons. The molecule has 0 bridgehead atoms. The molecule has 2 N–H and O–H groups in total. The van der Waals surface area contributed by atoms with E-state index in [9.17, 15) is 4.79 Å². The maximum atomic E-state index is 12.3. The minimum atomic E-state index is 0.0844. The van der Waals surface area contributed by atoms with Gasteiger partial charge in [-0.25, -0.2) is 0 Å². The summed E-state index contributed by atoms with van der Waals surface area (Å²) in [7, 11) is 0. The normalized spacial score (nSPS) is 23.6. The number of nitrogens with two attached hydrogens (primary N) is 1. The summed E-state index contributed by atoms with van der Waals surface area (Å²) < 4.78 is 0. The van der Waals surface area contributed by atoms with Crippen LogP contribution in [0.4, 0.5) is 0 Å². The minimum absolute atomic E-state index is 0.0844. The van der Waals surface area contributed by atoms with Crippen LogP contribution in [-0.4, -0.2) is 30.4 Å². The van der Waals surface area contributed by atoms with Crippen LogP contribution in [0.5, 0.6) is 0 Å². The van der Waals surface area contributed by atoms with E-state index in [0.717, 1.165) is 38.3 Å². The summed E-state index contributed by atoms with van der Waals surface area (Å²) in [6, 6.07) is 0. The SMILES string of the molecule is CC(CCN)C(=O)N1CCCC(C(C)(C)C)CC1. The topological polar surface area (TPSA) is 46.3 Å². The number of hydrogen-bond acceptors (Lipinski definition) is 2. The average molecular weight is 254 g/mol. The highest BCUT2D eigenvalue weighted by molar-refractivity contribution is 5.78. The Kier molecular flexibility index (Phi) is 5.64. The molecule has 0 aromatic heterocycles. The lowest BCUT2D eigenvalue weighted by Gasteiger charge is -2.30. The fourth-order valence-corrected chi connectivity index (χ4v) is 2.87. The number of rotatable bonds is 3. The van der Waals surface area contributed by atoms with Gasteiger partial charge in [-0.1, -0.05) is 27.7 Å². The Labute approximate surface area is 112 Å². The predicted octanol–water partition coefficient (Wildman–Crippen LogP) is 2.65. The van der Waals surface area contributed by atoms with Crippen LogP contribution in [-0.2, 0) is 4.79 Å². The molecular formula is C15H30N2O. The van der Waals surface area contributed by atoms with E-state index in [1.165, 1.54) is 6.42 Å². The first-order valence-electron chi connectivity index (χ1n) is 7.35. The third-order valence-corrected chi connectivity index (χ3v) is 4.29. The van der Waals surface area contributed by atoms with Gasteiger partial charge in [0, 0.05) is 19.0 Å². The molecule has 0 spiro atoms.